The van der Waals surface area contributed by atoms with Gasteiger partial charge in [0.15, 0.2) is 0 Å². The van der Waals surface area contributed by atoms with Gasteiger partial charge >= 0.3 is 0 Å². The molecule has 1 aliphatic heterocycles. The largest absolute Gasteiger partial charge is 0.314 e. The highest BCUT2D eigenvalue weighted by atomic mass is 79.9. The average Bonchev–Trinajstić information content (AvgIpc) is 2.34. The van der Waals surface area contributed by atoms with Gasteiger partial charge in [-0.2, -0.15) is 0 Å². The van der Waals surface area contributed by atoms with Gasteiger partial charge in [-0.15, -0.1) is 31.4 Å². The summed E-state index contributed by atoms with van der Waals surface area (Å²) in [7, 11) is 0. The number of piperazine rings is 1. The quantitative estimate of drug-likeness (QED) is 0.837. The molecule has 0 bridgehead atoms. The van der Waals surface area contributed by atoms with Crippen molar-refractivity contribution in [3.63, 3.8) is 0 Å². The van der Waals surface area contributed by atoms with Crippen molar-refractivity contribution >= 4 is 40.7 Å². The second-order valence-electron chi connectivity index (χ2n) is 3.99. The Labute approximate surface area is 130 Å². The van der Waals surface area contributed by atoms with Crippen molar-refractivity contribution in [3.05, 3.63) is 47.0 Å². The Balaban J connectivity index is 0.00000144. The average molecular weight is 354 g/mol. The molecule has 1 heterocycles. The van der Waals surface area contributed by atoms with Crippen LogP contribution in [0.4, 0.5) is 0 Å². The Morgan fingerprint density at radius 2 is 1.83 bits per heavy atom. The zero-order valence-electron chi connectivity index (χ0n) is 10.1. The van der Waals surface area contributed by atoms with Crippen LogP contribution in [0.15, 0.2) is 41.4 Å². The molecule has 5 heteroatoms. The van der Waals surface area contributed by atoms with Crippen molar-refractivity contribution in [1.29, 1.82) is 0 Å². The fourth-order valence-electron chi connectivity index (χ4n) is 2.15. The predicted molar refractivity (Wildman–Crippen MR) is 86.0 cm³/mol. The lowest BCUT2D eigenvalue weighted by molar-refractivity contribution is 0.203. The molecule has 1 N–H and O–H groups in total. The van der Waals surface area contributed by atoms with Gasteiger partial charge in [0.1, 0.15) is 0 Å². The van der Waals surface area contributed by atoms with Crippen LogP contribution in [0.5, 0.6) is 0 Å². The molecule has 1 aliphatic rings. The van der Waals surface area contributed by atoms with E-state index < -0.39 is 0 Å². The van der Waals surface area contributed by atoms with Crippen molar-refractivity contribution in [2.75, 3.05) is 26.2 Å². The van der Waals surface area contributed by atoms with Gasteiger partial charge in [0.05, 0.1) is 6.04 Å². The van der Waals surface area contributed by atoms with Gasteiger partial charge in [0, 0.05) is 30.7 Å². The fourth-order valence-corrected chi connectivity index (χ4v) is 2.67. The topological polar surface area (TPSA) is 15.3 Å². The second kappa shape index (κ2) is 8.94. The number of halogens is 3. The molecule has 102 valence electrons. The maximum Gasteiger partial charge on any atom is 0.0541 e. The summed E-state index contributed by atoms with van der Waals surface area (Å²) in [6, 6.07) is 8.70. The highest BCUT2D eigenvalue weighted by molar-refractivity contribution is 9.10. The van der Waals surface area contributed by atoms with Crippen molar-refractivity contribution in [1.82, 2.24) is 10.2 Å². The van der Waals surface area contributed by atoms with E-state index in [1.807, 2.05) is 12.1 Å². The summed E-state index contributed by atoms with van der Waals surface area (Å²) < 4.78 is 1.17. The number of hydrogen-bond donors (Lipinski definition) is 1. The normalized spacial score (nSPS) is 17.2. The highest BCUT2D eigenvalue weighted by Crippen LogP contribution is 2.28. The zero-order valence-corrected chi connectivity index (χ0v) is 13.4. The molecule has 1 atom stereocenters. The Hall–Kier alpha value is -0.0600. The third-order valence-electron chi connectivity index (χ3n) is 2.99. The number of benzene rings is 1. The van der Waals surface area contributed by atoms with Crippen molar-refractivity contribution in [2.24, 2.45) is 0 Å². The van der Waals surface area contributed by atoms with Crippen molar-refractivity contribution in [3.8, 4) is 0 Å². The molecule has 18 heavy (non-hydrogen) atoms. The second-order valence-corrected chi connectivity index (χ2v) is 4.84. The van der Waals surface area contributed by atoms with E-state index in [9.17, 15) is 0 Å². The molecule has 2 nitrogen and oxygen atoms in total. The van der Waals surface area contributed by atoms with Crippen LogP contribution < -0.4 is 5.32 Å². The number of nitrogens with one attached hydrogen (secondary N) is 1. The molecule has 0 spiro atoms. The smallest absolute Gasteiger partial charge is 0.0541 e. The van der Waals surface area contributed by atoms with Gasteiger partial charge in [-0.25, -0.2) is 0 Å². The van der Waals surface area contributed by atoms with Crippen LogP contribution in [-0.4, -0.2) is 31.1 Å². The Morgan fingerprint density at radius 3 is 2.39 bits per heavy atom. The number of hydrogen-bond acceptors (Lipinski definition) is 2. The van der Waals surface area contributed by atoms with Crippen molar-refractivity contribution < 1.29 is 0 Å². The molecule has 1 saturated heterocycles. The van der Waals surface area contributed by atoms with E-state index in [-0.39, 0.29) is 24.8 Å². The summed E-state index contributed by atoms with van der Waals surface area (Å²) in [6.45, 7) is 8.26. The van der Waals surface area contributed by atoms with E-state index in [1.54, 1.807) is 0 Å². The van der Waals surface area contributed by atoms with Crippen LogP contribution in [-0.2, 0) is 0 Å². The predicted octanol–water partition coefficient (Wildman–Crippen LogP) is 3.43. The lowest BCUT2D eigenvalue weighted by atomic mass is 10.0. The van der Waals surface area contributed by atoms with Crippen molar-refractivity contribution in [2.45, 2.75) is 6.04 Å². The standard InChI is InChI=1S/C13H17BrN2.2ClH/c1-2-13(16-9-7-15-8-10-16)11-5-3-4-6-12(11)14;;/h2-6,13,15H,1,7-10H2;2*1H/t13-;;/m1../s1. The minimum absolute atomic E-state index is 0. The van der Waals surface area contributed by atoms with Crippen LogP contribution in [0.2, 0.25) is 0 Å². The van der Waals surface area contributed by atoms with E-state index in [4.69, 9.17) is 0 Å². The summed E-state index contributed by atoms with van der Waals surface area (Å²) in [4.78, 5) is 2.46. The third kappa shape index (κ3) is 4.25. The third-order valence-corrected chi connectivity index (χ3v) is 3.71. The van der Waals surface area contributed by atoms with Gasteiger partial charge in [-0.05, 0) is 11.6 Å². The van der Waals surface area contributed by atoms with E-state index >= 15 is 0 Å². The van der Waals surface area contributed by atoms with Crippen LogP contribution in [0.3, 0.4) is 0 Å². The molecule has 0 unspecified atom stereocenters. The van der Waals surface area contributed by atoms with E-state index in [0.717, 1.165) is 26.2 Å². The molecule has 0 aromatic heterocycles. The van der Waals surface area contributed by atoms with E-state index in [2.05, 4.69) is 50.9 Å². The molecule has 0 radical (unpaired) electrons. The molecular formula is C13H19BrCl2N2. The van der Waals surface area contributed by atoms with Crippen LogP contribution in [0, 0.1) is 0 Å². The SMILES string of the molecule is C=C[C@H](c1ccccc1Br)N1CCNCC1.Cl.Cl. The molecule has 1 aromatic carbocycles. The highest BCUT2D eigenvalue weighted by Gasteiger charge is 2.20. The number of rotatable bonds is 3. The Bertz CT molecular complexity index is 368. The lowest BCUT2D eigenvalue weighted by Gasteiger charge is -2.33. The molecule has 0 aliphatic carbocycles. The first-order valence-corrected chi connectivity index (χ1v) is 6.44. The first-order valence-electron chi connectivity index (χ1n) is 5.64. The summed E-state index contributed by atoms with van der Waals surface area (Å²) in [5.41, 5.74) is 1.31. The van der Waals surface area contributed by atoms with Gasteiger partial charge in [0.25, 0.3) is 0 Å². The monoisotopic (exact) mass is 352 g/mol. The molecule has 1 fully saturated rings. The Morgan fingerprint density at radius 1 is 1.22 bits per heavy atom. The van der Waals surface area contributed by atoms with Gasteiger partial charge < -0.3 is 5.32 Å². The first kappa shape index (κ1) is 17.9. The Kier molecular flexibility index (Phi) is 8.91. The van der Waals surface area contributed by atoms with Gasteiger partial charge in [-0.1, -0.05) is 40.2 Å². The van der Waals surface area contributed by atoms with Crippen LogP contribution in [0.25, 0.3) is 0 Å². The first-order chi connectivity index (χ1) is 7.83. The summed E-state index contributed by atoms with van der Waals surface area (Å²) in [5, 5.41) is 3.37. The summed E-state index contributed by atoms with van der Waals surface area (Å²) >= 11 is 3.61. The molecule has 0 saturated carbocycles. The minimum Gasteiger partial charge on any atom is -0.314 e. The number of nitrogens with zero attached hydrogens (tertiary/aromatic N) is 1. The fraction of sp³-hybridized carbons (Fsp3) is 0.385. The molecular weight excluding hydrogens is 335 g/mol. The maximum absolute atomic E-state index is 3.97. The van der Waals surface area contributed by atoms with Gasteiger partial charge in [-0.3, -0.25) is 4.90 Å². The molecule has 0 amide bonds. The van der Waals surface area contributed by atoms with Crippen LogP contribution >= 0.6 is 40.7 Å². The van der Waals surface area contributed by atoms with Gasteiger partial charge in [0.2, 0.25) is 0 Å². The molecule has 1 aromatic rings. The zero-order chi connectivity index (χ0) is 11.4. The lowest BCUT2D eigenvalue weighted by Crippen LogP contribution is -2.44. The summed E-state index contributed by atoms with van der Waals surface area (Å²) in [5.74, 6) is 0. The van der Waals surface area contributed by atoms with E-state index in [1.165, 1.54) is 10.0 Å². The minimum atomic E-state index is 0. The molecule has 2 rings (SSSR count). The van der Waals surface area contributed by atoms with E-state index in [0.29, 0.717) is 6.04 Å². The summed E-state index contributed by atoms with van der Waals surface area (Å²) in [6.07, 6.45) is 2.03. The maximum atomic E-state index is 3.97. The van der Waals surface area contributed by atoms with Crippen LogP contribution in [0.1, 0.15) is 11.6 Å².